The molecule has 1 N–H and O–H groups in total. The lowest BCUT2D eigenvalue weighted by atomic mass is 10.3. The van der Waals surface area contributed by atoms with Gasteiger partial charge in [0.1, 0.15) is 0 Å². The van der Waals surface area contributed by atoms with Crippen LogP contribution in [0.3, 0.4) is 0 Å². The number of ether oxygens (including phenoxy) is 1. The number of para-hydroxylation sites is 1. The maximum atomic E-state index is 7.42. The first-order valence-corrected chi connectivity index (χ1v) is 4.42. The summed E-state index contributed by atoms with van der Waals surface area (Å²) < 4.78 is 4.75. The zero-order valence-corrected chi connectivity index (χ0v) is 8.21. The monoisotopic (exact) mass is 202 g/mol. The first kappa shape index (κ1) is 9.39. The summed E-state index contributed by atoms with van der Waals surface area (Å²) in [5.74, 6) is 0.0113. The van der Waals surface area contributed by atoms with Gasteiger partial charge in [-0.05, 0) is 12.1 Å². The summed E-state index contributed by atoms with van der Waals surface area (Å²) in [7, 11) is 1.43. The van der Waals surface area contributed by atoms with Crippen molar-refractivity contribution in [2.45, 2.75) is 0 Å². The Morgan fingerprint density at radius 1 is 1.33 bits per heavy atom. The number of nitrogens with one attached hydrogen (secondary N) is 1. The van der Waals surface area contributed by atoms with Crippen LogP contribution >= 0.6 is 0 Å². The summed E-state index contributed by atoms with van der Waals surface area (Å²) in [6.07, 6.45) is 1.50. The summed E-state index contributed by atoms with van der Waals surface area (Å²) in [5, 5.41) is 15.6. The lowest BCUT2D eigenvalue weighted by molar-refractivity contribution is 0.399. The van der Waals surface area contributed by atoms with Gasteiger partial charge in [-0.2, -0.15) is 9.90 Å². The molecule has 0 saturated heterocycles. The fraction of sp³-hybridized carbons (Fsp3) is 0.100. The van der Waals surface area contributed by atoms with Gasteiger partial charge in [-0.25, -0.2) is 0 Å². The minimum absolute atomic E-state index is 0.0113. The van der Waals surface area contributed by atoms with E-state index in [2.05, 4.69) is 10.2 Å². The van der Waals surface area contributed by atoms with Crippen LogP contribution in [0, 0.1) is 5.41 Å². The number of benzene rings is 1. The maximum Gasteiger partial charge on any atom is 0.235 e. The molecule has 1 aromatic carbocycles. The van der Waals surface area contributed by atoms with E-state index in [0.717, 1.165) is 5.69 Å². The van der Waals surface area contributed by atoms with Crippen molar-refractivity contribution in [2.75, 3.05) is 7.11 Å². The van der Waals surface area contributed by atoms with Crippen LogP contribution in [0.25, 0.3) is 5.69 Å². The lowest BCUT2D eigenvalue weighted by Gasteiger charge is -1.98. The largest absolute Gasteiger partial charge is 0.480 e. The fourth-order valence-corrected chi connectivity index (χ4v) is 1.16. The summed E-state index contributed by atoms with van der Waals surface area (Å²) in [4.78, 5) is 1.46. The zero-order chi connectivity index (χ0) is 10.7. The molecule has 5 nitrogen and oxygen atoms in total. The third kappa shape index (κ3) is 1.85. The quantitative estimate of drug-likeness (QED) is 0.588. The molecule has 0 aliphatic heterocycles. The Kier molecular flexibility index (Phi) is 2.45. The molecule has 0 aliphatic carbocycles. The Morgan fingerprint density at radius 3 is 2.73 bits per heavy atom. The third-order valence-electron chi connectivity index (χ3n) is 1.92. The van der Waals surface area contributed by atoms with Crippen LogP contribution in [-0.2, 0) is 4.74 Å². The smallest absolute Gasteiger partial charge is 0.235 e. The van der Waals surface area contributed by atoms with E-state index in [1.165, 1.54) is 18.1 Å². The number of hydrogen-bond acceptors (Lipinski definition) is 4. The van der Waals surface area contributed by atoms with E-state index >= 15 is 0 Å². The van der Waals surface area contributed by atoms with E-state index < -0.39 is 0 Å². The maximum absolute atomic E-state index is 7.42. The van der Waals surface area contributed by atoms with Crippen LogP contribution in [0.15, 0.2) is 36.5 Å². The van der Waals surface area contributed by atoms with Gasteiger partial charge in [0, 0.05) is 0 Å². The van der Waals surface area contributed by atoms with Crippen molar-refractivity contribution in [2.24, 2.45) is 0 Å². The Hall–Kier alpha value is -2.17. The standard InChI is InChI=1S/C10H10N4O/c1-15-10(11)9-7-12-14(13-9)8-5-3-2-4-6-8/h2-7,11H,1H3. The van der Waals surface area contributed by atoms with Crippen LogP contribution < -0.4 is 0 Å². The highest BCUT2D eigenvalue weighted by molar-refractivity contribution is 5.88. The molecule has 1 heterocycles. The SMILES string of the molecule is COC(=N)c1cnn(-c2ccccc2)n1. The number of aromatic nitrogens is 3. The predicted molar refractivity (Wildman–Crippen MR) is 55.2 cm³/mol. The van der Waals surface area contributed by atoms with Crippen molar-refractivity contribution < 1.29 is 4.74 Å². The molecule has 2 aromatic rings. The van der Waals surface area contributed by atoms with Crippen molar-refractivity contribution in [3.05, 3.63) is 42.2 Å². The minimum Gasteiger partial charge on any atom is -0.480 e. The fourth-order valence-electron chi connectivity index (χ4n) is 1.16. The van der Waals surface area contributed by atoms with Gasteiger partial charge < -0.3 is 4.74 Å². The second-order valence-corrected chi connectivity index (χ2v) is 2.89. The molecule has 0 spiro atoms. The Labute approximate surface area is 86.8 Å². The molecular formula is C10H10N4O. The molecular weight excluding hydrogens is 192 g/mol. The zero-order valence-electron chi connectivity index (χ0n) is 8.21. The van der Waals surface area contributed by atoms with Crippen LogP contribution in [0.2, 0.25) is 0 Å². The first-order valence-electron chi connectivity index (χ1n) is 4.42. The van der Waals surface area contributed by atoms with Crippen molar-refractivity contribution in [1.82, 2.24) is 15.0 Å². The second kappa shape index (κ2) is 3.91. The summed E-state index contributed by atoms with van der Waals surface area (Å²) in [6, 6.07) is 9.51. The van der Waals surface area contributed by atoms with Gasteiger partial charge in [-0.3, -0.25) is 5.41 Å². The van der Waals surface area contributed by atoms with Gasteiger partial charge in [0.2, 0.25) is 5.90 Å². The van der Waals surface area contributed by atoms with Crippen molar-refractivity contribution in [1.29, 1.82) is 5.41 Å². The van der Waals surface area contributed by atoms with Crippen LogP contribution in [-0.4, -0.2) is 28.0 Å². The second-order valence-electron chi connectivity index (χ2n) is 2.89. The molecule has 2 rings (SSSR count). The van der Waals surface area contributed by atoms with Gasteiger partial charge in [-0.15, -0.1) is 5.10 Å². The van der Waals surface area contributed by atoms with Crippen molar-refractivity contribution in [3.8, 4) is 5.69 Å². The third-order valence-corrected chi connectivity index (χ3v) is 1.92. The van der Waals surface area contributed by atoms with Crippen molar-refractivity contribution >= 4 is 5.90 Å². The number of rotatable bonds is 2. The molecule has 0 saturated carbocycles. The summed E-state index contributed by atoms with van der Waals surface area (Å²) in [6.45, 7) is 0. The van der Waals surface area contributed by atoms with E-state index in [-0.39, 0.29) is 5.90 Å². The first-order chi connectivity index (χ1) is 7.31. The molecule has 0 amide bonds. The summed E-state index contributed by atoms with van der Waals surface area (Å²) >= 11 is 0. The number of methoxy groups -OCH3 is 1. The van der Waals surface area contributed by atoms with E-state index in [9.17, 15) is 0 Å². The highest BCUT2D eigenvalue weighted by atomic mass is 16.5. The average Bonchev–Trinajstić information content (AvgIpc) is 2.78. The van der Waals surface area contributed by atoms with Gasteiger partial charge in [0.05, 0.1) is 19.0 Å². The van der Waals surface area contributed by atoms with Crippen molar-refractivity contribution in [3.63, 3.8) is 0 Å². The highest BCUT2D eigenvalue weighted by Crippen LogP contribution is 2.04. The van der Waals surface area contributed by atoms with E-state index in [4.69, 9.17) is 10.1 Å². The topological polar surface area (TPSA) is 63.8 Å². The molecule has 0 fully saturated rings. The molecule has 0 unspecified atom stereocenters. The molecule has 15 heavy (non-hydrogen) atoms. The van der Waals surface area contributed by atoms with Gasteiger partial charge in [0.25, 0.3) is 0 Å². The minimum atomic E-state index is 0.0113. The van der Waals surface area contributed by atoms with Crippen LogP contribution in [0.5, 0.6) is 0 Å². The van der Waals surface area contributed by atoms with Gasteiger partial charge >= 0.3 is 0 Å². The van der Waals surface area contributed by atoms with E-state index in [0.29, 0.717) is 5.69 Å². The molecule has 0 bridgehead atoms. The van der Waals surface area contributed by atoms with Crippen LogP contribution in [0.4, 0.5) is 0 Å². The van der Waals surface area contributed by atoms with E-state index in [1.807, 2.05) is 30.3 Å². The molecule has 76 valence electrons. The molecule has 0 atom stereocenters. The number of hydrogen-bond donors (Lipinski definition) is 1. The Bertz CT molecular complexity index is 463. The number of nitrogens with zero attached hydrogens (tertiary/aromatic N) is 3. The lowest BCUT2D eigenvalue weighted by Crippen LogP contribution is -2.04. The average molecular weight is 202 g/mol. The Morgan fingerprint density at radius 2 is 2.07 bits per heavy atom. The Balaban J connectivity index is 2.32. The van der Waals surface area contributed by atoms with E-state index in [1.54, 1.807) is 0 Å². The molecule has 0 radical (unpaired) electrons. The normalized spacial score (nSPS) is 9.93. The highest BCUT2D eigenvalue weighted by Gasteiger charge is 2.07. The summed E-state index contributed by atoms with van der Waals surface area (Å²) in [5.41, 5.74) is 1.27. The molecule has 0 aliphatic rings. The van der Waals surface area contributed by atoms with Gasteiger partial charge in [-0.1, -0.05) is 18.2 Å². The van der Waals surface area contributed by atoms with Gasteiger partial charge in [0.15, 0.2) is 5.69 Å². The predicted octanol–water partition coefficient (Wildman–Crippen LogP) is 1.24. The molecule has 5 heteroatoms. The molecule has 1 aromatic heterocycles. The van der Waals surface area contributed by atoms with Crippen LogP contribution in [0.1, 0.15) is 5.69 Å².